The van der Waals surface area contributed by atoms with Crippen molar-refractivity contribution in [3.05, 3.63) is 72.9 Å². The van der Waals surface area contributed by atoms with Crippen molar-refractivity contribution >= 4 is 15.8 Å². The van der Waals surface area contributed by atoms with Gasteiger partial charge in [0.05, 0.1) is 4.90 Å². The molecule has 0 unspecified atom stereocenters. The maximum absolute atomic E-state index is 13.0. The summed E-state index contributed by atoms with van der Waals surface area (Å²) in [5.41, 5.74) is 2.07. The molecule has 6 nitrogen and oxygen atoms in total. The molecule has 3 aromatic rings. The standard InChI is InChI=1S/C20H20N4O2S/c25-27(26,19-10-8-18(9-11-19)17-5-2-1-3-6-17)24-15-13-23(14-16-24)20-7-4-12-21-22-20/h1-12H,13-16H2. The minimum atomic E-state index is -3.50. The maximum atomic E-state index is 13.0. The molecule has 0 spiro atoms. The van der Waals surface area contributed by atoms with E-state index in [1.807, 2.05) is 54.6 Å². The zero-order valence-electron chi connectivity index (χ0n) is 14.8. The smallest absolute Gasteiger partial charge is 0.243 e. The number of rotatable bonds is 4. The van der Waals surface area contributed by atoms with E-state index in [-0.39, 0.29) is 0 Å². The van der Waals surface area contributed by atoms with Gasteiger partial charge in [0.15, 0.2) is 5.82 Å². The summed E-state index contributed by atoms with van der Waals surface area (Å²) in [7, 11) is -3.50. The summed E-state index contributed by atoms with van der Waals surface area (Å²) >= 11 is 0. The molecule has 2 heterocycles. The van der Waals surface area contributed by atoms with Crippen LogP contribution in [0.4, 0.5) is 5.82 Å². The molecular formula is C20H20N4O2S. The molecule has 27 heavy (non-hydrogen) atoms. The highest BCUT2D eigenvalue weighted by Gasteiger charge is 2.28. The molecular weight excluding hydrogens is 360 g/mol. The number of hydrogen-bond donors (Lipinski definition) is 0. The summed E-state index contributed by atoms with van der Waals surface area (Å²) in [4.78, 5) is 2.38. The Morgan fingerprint density at radius 3 is 2.04 bits per heavy atom. The van der Waals surface area contributed by atoms with Crippen LogP contribution in [0.5, 0.6) is 0 Å². The first-order chi connectivity index (χ1) is 13.1. The summed E-state index contributed by atoms with van der Waals surface area (Å²) < 4.78 is 27.5. The zero-order chi connectivity index (χ0) is 18.7. The molecule has 1 aromatic heterocycles. The highest BCUT2D eigenvalue weighted by Crippen LogP contribution is 2.24. The molecule has 1 fully saturated rings. The summed E-state index contributed by atoms with van der Waals surface area (Å²) in [5, 5.41) is 7.98. The highest BCUT2D eigenvalue weighted by atomic mass is 32.2. The Balaban J connectivity index is 1.47. The first kappa shape index (κ1) is 17.6. The largest absolute Gasteiger partial charge is 0.352 e. The summed E-state index contributed by atoms with van der Waals surface area (Å²) in [6.45, 7) is 2.05. The Bertz CT molecular complexity index is 985. The minimum absolute atomic E-state index is 0.329. The van der Waals surface area contributed by atoms with Gasteiger partial charge in [-0.25, -0.2) is 8.42 Å². The van der Waals surface area contributed by atoms with E-state index in [4.69, 9.17) is 0 Å². The third-order valence-corrected chi connectivity index (χ3v) is 6.63. The molecule has 0 aliphatic carbocycles. The molecule has 0 amide bonds. The average Bonchev–Trinajstić information content (AvgIpc) is 2.75. The topological polar surface area (TPSA) is 66.4 Å². The van der Waals surface area contributed by atoms with Crippen LogP contribution in [0, 0.1) is 0 Å². The molecule has 0 saturated carbocycles. The first-order valence-electron chi connectivity index (χ1n) is 8.83. The second kappa shape index (κ2) is 7.46. The summed E-state index contributed by atoms with van der Waals surface area (Å²) in [6, 6.07) is 20.7. The number of sulfonamides is 1. The Kier molecular flexibility index (Phi) is 4.87. The van der Waals surface area contributed by atoms with Crippen molar-refractivity contribution in [2.45, 2.75) is 4.90 Å². The van der Waals surface area contributed by atoms with Gasteiger partial charge in [-0.2, -0.15) is 9.40 Å². The molecule has 4 rings (SSSR count). The predicted octanol–water partition coefficient (Wildman–Crippen LogP) is 2.65. The van der Waals surface area contributed by atoms with Gasteiger partial charge in [0, 0.05) is 32.4 Å². The zero-order valence-corrected chi connectivity index (χ0v) is 15.6. The van der Waals surface area contributed by atoms with Gasteiger partial charge in [0.1, 0.15) is 0 Å². The molecule has 1 aliphatic rings. The van der Waals surface area contributed by atoms with E-state index in [9.17, 15) is 8.42 Å². The number of hydrogen-bond acceptors (Lipinski definition) is 5. The van der Waals surface area contributed by atoms with Crippen LogP contribution in [0.2, 0.25) is 0 Å². The van der Waals surface area contributed by atoms with Crippen LogP contribution in [-0.4, -0.2) is 49.1 Å². The van der Waals surface area contributed by atoms with Crippen molar-refractivity contribution in [3.63, 3.8) is 0 Å². The molecule has 1 aliphatic heterocycles. The SMILES string of the molecule is O=S(=O)(c1ccc(-c2ccccc2)cc1)N1CCN(c2cccnn2)CC1. The maximum Gasteiger partial charge on any atom is 0.243 e. The van der Waals surface area contributed by atoms with Crippen molar-refractivity contribution < 1.29 is 8.42 Å². The number of benzene rings is 2. The Morgan fingerprint density at radius 2 is 1.41 bits per heavy atom. The predicted molar refractivity (Wildman–Crippen MR) is 105 cm³/mol. The van der Waals surface area contributed by atoms with Gasteiger partial charge >= 0.3 is 0 Å². The van der Waals surface area contributed by atoms with Crippen LogP contribution >= 0.6 is 0 Å². The van der Waals surface area contributed by atoms with Crippen LogP contribution in [0.1, 0.15) is 0 Å². The molecule has 0 radical (unpaired) electrons. The number of anilines is 1. The van der Waals surface area contributed by atoms with Gasteiger partial charge in [-0.05, 0) is 35.4 Å². The van der Waals surface area contributed by atoms with Crippen LogP contribution in [0.25, 0.3) is 11.1 Å². The van der Waals surface area contributed by atoms with Gasteiger partial charge in [-0.15, -0.1) is 5.10 Å². The second-order valence-corrected chi connectivity index (χ2v) is 8.30. The summed E-state index contributed by atoms with van der Waals surface area (Å²) in [6.07, 6.45) is 1.63. The van der Waals surface area contributed by atoms with Crippen LogP contribution in [0.15, 0.2) is 77.8 Å². The van der Waals surface area contributed by atoms with E-state index in [0.717, 1.165) is 16.9 Å². The average molecular weight is 380 g/mol. The van der Waals surface area contributed by atoms with Gasteiger partial charge < -0.3 is 4.90 Å². The lowest BCUT2D eigenvalue weighted by Crippen LogP contribution is -2.48. The van der Waals surface area contributed by atoms with Gasteiger partial charge in [0.25, 0.3) is 0 Å². The highest BCUT2D eigenvalue weighted by molar-refractivity contribution is 7.89. The monoisotopic (exact) mass is 380 g/mol. The van der Waals surface area contributed by atoms with E-state index in [1.165, 1.54) is 4.31 Å². The van der Waals surface area contributed by atoms with E-state index in [0.29, 0.717) is 31.1 Å². The van der Waals surface area contributed by atoms with Gasteiger partial charge in [0.2, 0.25) is 10.0 Å². The minimum Gasteiger partial charge on any atom is -0.352 e. The third kappa shape index (κ3) is 3.70. The fourth-order valence-corrected chi connectivity index (χ4v) is 4.64. The van der Waals surface area contributed by atoms with E-state index in [2.05, 4.69) is 15.1 Å². The van der Waals surface area contributed by atoms with Gasteiger partial charge in [-0.3, -0.25) is 0 Å². The third-order valence-electron chi connectivity index (χ3n) is 4.72. The number of aromatic nitrogens is 2. The second-order valence-electron chi connectivity index (χ2n) is 6.36. The number of nitrogens with zero attached hydrogens (tertiary/aromatic N) is 4. The fraction of sp³-hybridized carbons (Fsp3) is 0.200. The van der Waals surface area contributed by atoms with Crippen molar-refractivity contribution in [1.29, 1.82) is 0 Å². The Morgan fingerprint density at radius 1 is 0.741 bits per heavy atom. The first-order valence-corrected chi connectivity index (χ1v) is 10.3. The molecule has 0 bridgehead atoms. The molecule has 138 valence electrons. The lowest BCUT2D eigenvalue weighted by atomic mass is 10.1. The fourth-order valence-electron chi connectivity index (χ4n) is 3.22. The molecule has 7 heteroatoms. The number of piperazine rings is 1. The lowest BCUT2D eigenvalue weighted by Gasteiger charge is -2.34. The van der Waals surface area contributed by atoms with E-state index >= 15 is 0 Å². The van der Waals surface area contributed by atoms with Crippen LogP contribution in [0.3, 0.4) is 0 Å². The van der Waals surface area contributed by atoms with Gasteiger partial charge in [-0.1, -0.05) is 42.5 Å². The van der Waals surface area contributed by atoms with E-state index < -0.39 is 10.0 Å². The molecule has 0 atom stereocenters. The van der Waals surface area contributed by atoms with E-state index in [1.54, 1.807) is 18.3 Å². The summed E-state index contributed by atoms with van der Waals surface area (Å²) in [5.74, 6) is 0.779. The van der Waals surface area contributed by atoms with Crippen molar-refractivity contribution in [3.8, 4) is 11.1 Å². The van der Waals surface area contributed by atoms with Crippen molar-refractivity contribution in [2.24, 2.45) is 0 Å². The Hall–Kier alpha value is -2.77. The quantitative estimate of drug-likeness (QED) is 0.696. The molecule has 0 N–H and O–H groups in total. The normalized spacial score (nSPS) is 15.6. The van der Waals surface area contributed by atoms with Crippen LogP contribution < -0.4 is 4.90 Å². The molecule has 2 aromatic carbocycles. The Labute approximate surface area is 159 Å². The van der Waals surface area contributed by atoms with Crippen LogP contribution in [-0.2, 0) is 10.0 Å². The molecule has 1 saturated heterocycles. The lowest BCUT2D eigenvalue weighted by molar-refractivity contribution is 0.383. The van der Waals surface area contributed by atoms with Crippen molar-refractivity contribution in [1.82, 2.24) is 14.5 Å². The van der Waals surface area contributed by atoms with Crippen molar-refractivity contribution in [2.75, 3.05) is 31.1 Å².